The average Bonchev–Trinajstić information content (AvgIpc) is 2.29. The Morgan fingerprint density at radius 2 is 2.06 bits per heavy atom. The minimum atomic E-state index is -0.307. The van der Waals surface area contributed by atoms with Crippen LogP contribution < -0.4 is 0 Å². The molecular weight excluding hydrogens is 241 g/mol. The van der Waals surface area contributed by atoms with Crippen molar-refractivity contribution in [3.8, 4) is 0 Å². The zero-order chi connectivity index (χ0) is 12.4. The van der Waals surface area contributed by atoms with Gasteiger partial charge in [0.05, 0.1) is 0 Å². The van der Waals surface area contributed by atoms with E-state index in [1.54, 1.807) is 17.9 Å². The van der Waals surface area contributed by atoms with Gasteiger partial charge in [0.15, 0.2) is 0 Å². The number of hydrogen-bond acceptors (Lipinski definition) is 1. The first kappa shape index (κ1) is 12.4. The van der Waals surface area contributed by atoms with Crippen molar-refractivity contribution in [2.75, 3.05) is 13.1 Å². The highest BCUT2D eigenvalue weighted by Crippen LogP contribution is 2.19. The Kier molecular flexibility index (Phi) is 3.67. The van der Waals surface area contributed by atoms with E-state index in [1.165, 1.54) is 12.1 Å². The lowest BCUT2D eigenvalue weighted by Crippen LogP contribution is -2.39. The second-order valence-electron chi connectivity index (χ2n) is 4.43. The van der Waals surface area contributed by atoms with Gasteiger partial charge in [-0.25, -0.2) is 4.39 Å². The van der Waals surface area contributed by atoms with Crippen LogP contribution in [-0.2, 0) is 0 Å². The number of rotatable bonds is 1. The standard InChI is InChI=1S/C13H15ClFNO/c1-9-8-11(15)2-3-12(9)13(17)16-6-4-10(14)5-7-16/h2-3,8,10H,4-7H2,1H3. The smallest absolute Gasteiger partial charge is 0.254 e. The molecule has 1 fully saturated rings. The van der Waals surface area contributed by atoms with Crippen LogP contribution in [0.4, 0.5) is 4.39 Å². The molecule has 2 nitrogen and oxygen atoms in total. The molecule has 1 saturated heterocycles. The number of alkyl halides is 1. The van der Waals surface area contributed by atoms with Gasteiger partial charge in [0.2, 0.25) is 0 Å². The van der Waals surface area contributed by atoms with Gasteiger partial charge in [0.25, 0.3) is 5.91 Å². The van der Waals surface area contributed by atoms with E-state index in [4.69, 9.17) is 11.6 Å². The fourth-order valence-corrected chi connectivity index (χ4v) is 2.28. The Morgan fingerprint density at radius 3 is 2.65 bits per heavy atom. The van der Waals surface area contributed by atoms with Crippen molar-refractivity contribution in [3.05, 3.63) is 35.1 Å². The SMILES string of the molecule is Cc1cc(F)ccc1C(=O)N1CCC(Cl)CC1. The second kappa shape index (κ2) is 5.05. The van der Waals surface area contributed by atoms with E-state index in [1.807, 2.05) is 0 Å². The van der Waals surface area contributed by atoms with Crippen molar-refractivity contribution in [3.63, 3.8) is 0 Å². The minimum absolute atomic E-state index is 0.0222. The topological polar surface area (TPSA) is 20.3 Å². The third-order valence-corrected chi connectivity index (χ3v) is 3.57. The maximum Gasteiger partial charge on any atom is 0.254 e. The van der Waals surface area contributed by atoms with Crippen LogP contribution >= 0.6 is 11.6 Å². The molecule has 0 saturated carbocycles. The number of amides is 1. The van der Waals surface area contributed by atoms with E-state index in [0.29, 0.717) is 24.2 Å². The van der Waals surface area contributed by atoms with Gasteiger partial charge >= 0.3 is 0 Å². The highest BCUT2D eigenvalue weighted by atomic mass is 35.5. The van der Waals surface area contributed by atoms with Crippen LogP contribution in [0.25, 0.3) is 0 Å². The number of likely N-dealkylation sites (tertiary alicyclic amines) is 1. The maximum atomic E-state index is 13.0. The van der Waals surface area contributed by atoms with Gasteiger partial charge in [-0.1, -0.05) is 0 Å². The Hall–Kier alpha value is -1.09. The Labute approximate surface area is 105 Å². The van der Waals surface area contributed by atoms with Crippen molar-refractivity contribution < 1.29 is 9.18 Å². The summed E-state index contributed by atoms with van der Waals surface area (Å²) in [7, 11) is 0. The highest BCUT2D eigenvalue weighted by Gasteiger charge is 2.23. The first-order chi connectivity index (χ1) is 8.08. The Bertz CT molecular complexity index is 427. The molecule has 0 aromatic heterocycles. The zero-order valence-corrected chi connectivity index (χ0v) is 10.5. The molecule has 1 aliphatic rings. The van der Waals surface area contributed by atoms with Gasteiger partial charge in [-0.2, -0.15) is 0 Å². The molecule has 0 unspecified atom stereocenters. The normalized spacial score (nSPS) is 17.2. The lowest BCUT2D eigenvalue weighted by molar-refractivity contribution is 0.0725. The van der Waals surface area contributed by atoms with Gasteiger partial charge in [-0.15, -0.1) is 11.6 Å². The summed E-state index contributed by atoms with van der Waals surface area (Å²) in [5, 5.41) is 0.174. The number of piperidine rings is 1. The molecule has 1 aromatic carbocycles. The van der Waals surface area contributed by atoms with Crippen LogP contribution in [0, 0.1) is 12.7 Å². The third kappa shape index (κ3) is 2.78. The van der Waals surface area contributed by atoms with Crippen LogP contribution in [0.1, 0.15) is 28.8 Å². The number of benzene rings is 1. The molecular formula is C13H15ClFNO. The maximum absolute atomic E-state index is 13.0. The Balaban J connectivity index is 2.14. The number of aryl methyl sites for hydroxylation is 1. The predicted octanol–water partition coefficient (Wildman–Crippen LogP) is 2.98. The molecule has 1 heterocycles. The van der Waals surface area contributed by atoms with Gasteiger partial charge in [-0.05, 0) is 43.5 Å². The Morgan fingerprint density at radius 1 is 1.41 bits per heavy atom. The van der Waals surface area contributed by atoms with Crippen LogP contribution in [-0.4, -0.2) is 29.3 Å². The molecule has 0 bridgehead atoms. The molecule has 0 N–H and O–H groups in total. The summed E-state index contributed by atoms with van der Waals surface area (Å²) in [6.45, 7) is 3.12. The molecule has 0 aliphatic carbocycles. The summed E-state index contributed by atoms with van der Waals surface area (Å²) in [5.41, 5.74) is 1.27. The van der Waals surface area contributed by atoms with Crippen molar-refractivity contribution in [2.24, 2.45) is 0 Å². The summed E-state index contributed by atoms with van der Waals surface area (Å²) in [5.74, 6) is -0.329. The number of hydrogen-bond donors (Lipinski definition) is 0. The largest absolute Gasteiger partial charge is 0.339 e. The van der Waals surface area contributed by atoms with Gasteiger partial charge in [0, 0.05) is 24.0 Å². The van der Waals surface area contributed by atoms with Crippen LogP contribution in [0.15, 0.2) is 18.2 Å². The summed E-state index contributed by atoms with van der Waals surface area (Å²) in [4.78, 5) is 14.0. The van der Waals surface area contributed by atoms with Crippen molar-refractivity contribution in [1.82, 2.24) is 4.90 Å². The van der Waals surface area contributed by atoms with Gasteiger partial charge in [0.1, 0.15) is 5.82 Å². The molecule has 1 aliphatic heterocycles. The number of carbonyl (C=O) groups is 1. The molecule has 0 spiro atoms. The van der Waals surface area contributed by atoms with E-state index in [2.05, 4.69) is 0 Å². The van der Waals surface area contributed by atoms with Crippen molar-refractivity contribution >= 4 is 17.5 Å². The molecule has 17 heavy (non-hydrogen) atoms. The molecule has 2 rings (SSSR count). The van der Waals surface area contributed by atoms with Crippen LogP contribution in [0.2, 0.25) is 0 Å². The predicted molar refractivity (Wildman–Crippen MR) is 65.9 cm³/mol. The number of nitrogens with zero attached hydrogens (tertiary/aromatic N) is 1. The molecule has 0 atom stereocenters. The molecule has 92 valence electrons. The lowest BCUT2D eigenvalue weighted by Gasteiger charge is -2.29. The monoisotopic (exact) mass is 255 g/mol. The first-order valence-electron chi connectivity index (χ1n) is 5.77. The molecule has 0 radical (unpaired) electrons. The molecule has 1 amide bonds. The van der Waals surface area contributed by atoms with E-state index in [9.17, 15) is 9.18 Å². The summed E-state index contributed by atoms with van der Waals surface area (Å²) in [6, 6.07) is 4.27. The van der Waals surface area contributed by atoms with E-state index in [0.717, 1.165) is 12.8 Å². The highest BCUT2D eigenvalue weighted by molar-refractivity contribution is 6.20. The first-order valence-corrected chi connectivity index (χ1v) is 6.21. The third-order valence-electron chi connectivity index (χ3n) is 3.13. The fourth-order valence-electron chi connectivity index (χ4n) is 2.09. The van der Waals surface area contributed by atoms with Gasteiger partial charge < -0.3 is 4.90 Å². The zero-order valence-electron chi connectivity index (χ0n) is 9.75. The quantitative estimate of drug-likeness (QED) is 0.707. The van der Waals surface area contributed by atoms with Crippen molar-refractivity contribution in [1.29, 1.82) is 0 Å². The average molecular weight is 256 g/mol. The van der Waals surface area contributed by atoms with Crippen LogP contribution in [0.3, 0.4) is 0 Å². The van der Waals surface area contributed by atoms with Crippen LogP contribution in [0.5, 0.6) is 0 Å². The number of carbonyl (C=O) groups excluding carboxylic acids is 1. The van der Waals surface area contributed by atoms with E-state index >= 15 is 0 Å². The lowest BCUT2D eigenvalue weighted by atomic mass is 10.0. The number of halogens is 2. The van der Waals surface area contributed by atoms with Gasteiger partial charge in [-0.3, -0.25) is 4.79 Å². The molecule has 1 aromatic rings. The fraction of sp³-hybridized carbons (Fsp3) is 0.462. The summed E-state index contributed by atoms with van der Waals surface area (Å²) >= 11 is 6.00. The minimum Gasteiger partial charge on any atom is -0.339 e. The summed E-state index contributed by atoms with van der Waals surface area (Å²) in [6.07, 6.45) is 1.65. The van der Waals surface area contributed by atoms with Crippen molar-refractivity contribution in [2.45, 2.75) is 25.1 Å². The summed E-state index contributed by atoms with van der Waals surface area (Å²) < 4.78 is 13.0. The molecule has 4 heteroatoms. The van der Waals surface area contributed by atoms with E-state index < -0.39 is 0 Å². The second-order valence-corrected chi connectivity index (χ2v) is 5.04. The van der Waals surface area contributed by atoms with E-state index in [-0.39, 0.29) is 17.1 Å².